The summed E-state index contributed by atoms with van der Waals surface area (Å²) >= 11 is 0. The molecule has 1 aromatic heterocycles. The van der Waals surface area contributed by atoms with Crippen molar-refractivity contribution in [3.63, 3.8) is 0 Å². The van der Waals surface area contributed by atoms with E-state index in [0.717, 1.165) is 25.6 Å². The van der Waals surface area contributed by atoms with Gasteiger partial charge in [-0.1, -0.05) is 6.42 Å². The number of aryl methyl sites for hydroxylation is 1. The number of piperidine rings is 1. The Labute approximate surface area is 165 Å². The summed E-state index contributed by atoms with van der Waals surface area (Å²) in [5.74, 6) is 0.887. The zero-order chi connectivity index (χ0) is 19.9. The Morgan fingerprint density at radius 2 is 1.96 bits per heavy atom. The second kappa shape index (κ2) is 10.1. The summed E-state index contributed by atoms with van der Waals surface area (Å²) in [5.41, 5.74) is 1.30. The van der Waals surface area contributed by atoms with E-state index in [1.54, 1.807) is 0 Å². The molecular formula is C20H39N7. The summed E-state index contributed by atoms with van der Waals surface area (Å²) < 4.78 is 1.85. The first kappa shape index (κ1) is 21.7. The van der Waals surface area contributed by atoms with Gasteiger partial charge in [-0.05, 0) is 60.8 Å². The van der Waals surface area contributed by atoms with Gasteiger partial charge in [0.2, 0.25) is 0 Å². The van der Waals surface area contributed by atoms with E-state index < -0.39 is 0 Å². The van der Waals surface area contributed by atoms with Crippen LogP contribution in [0.5, 0.6) is 0 Å². The van der Waals surface area contributed by atoms with Crippen LogP contribution in [0.2, 0.25) is 0 Å². The number of nitrogens with one attached hydrogen (secondary N) is 2. The number of hydrogen-bond donors (Lipinski definition) is 2. The highest BCUT2D eigenvalue weighted by Crippen LogP contribution is 2.21. The highest BCUT2D eigenvalue weighted by Gasteiger charge is 2.27. The second-order valence-electron chi connectivity index (χ2n) is 8.36. The van der Waals surface area contributed by atoms with E-state index >= 15 is 0 Å². The van der Waals surface area contributed by atoms with E-state index in [9.17, 15) is 0 Å². The molecule has 1 aliphatic heterocycles. The topological polar surface area (TPSA) is 60.7 Å². The van der Waals surface area contributed by atoms with Crippen molar-refractivity contribution in [2.75, 3.05) is 46.8 Å². The molecule has 1 atom stereocenters. The van der Waals surface area contributed by atoms with E-state index in [4.69, 9.17) is 4.99 Å². The summed E-state index contributed by atoms with van der Waals surface area (Å²) in [6.07, 6.45) is 7.99. The molecule has 0 aliphatic carbocycles. The highest BCUT2D eigenvalue weighted by molar-refractivity contribution is 5.79. The molecule has 0 radical (unpaired) electrons. The number of hydrogen-bond acceptors (Lipinski definition) is 4. The van der Waals surface area contributed by atoms with Crippen LogP contribution in [0.1, 0.15) is 51.6 Å². The van der Waals surface area contributed by atoms with Gasteiger partial charge in [0.25, 0.3) is 0 Å². The molecular weight excluding hydrogens is 338 g/mol. The van der Waals surface area contributed by atoms with Crippen molar-refractivity contribution >= 4 is 5.96 Å². The summed E-state index contributed by atoms with van der Waals surface area (Å²) in [5, 5.41) is 11.2. The quantitative estimate of drug-likeness (QED) is 0.535. The van der Waals surface area contributed by atoms with Crippen molar-refractivity contribution in [3.8, 4) is 0 Å². The molecule has 7 heteroatoms. The summed E-state index contributed by atoms with van der Waals surface area (Å²) in [7, 11) is 6.16. The molecule has 0 aromatic carbocycles. The number of aliphatic imine (C=N–C) groups is 1. The molecule has 1 saturated heterocycles. The van der Waals surface area contributed by atoms with Crippen LogP contribution in [-0.2, 0) is 7.05 Å². The van der Waals surface area contributed by atoms with Gasteiger partial charge in [-0.3, -0.25) is 14.6 Å². The first-order valence-corrected chi connectivity index (χ1v) is 10.3. The van der Waals surface area contributed by atoms with Crippen molar-refractivity contribution in [3.05, 3.63) is 18.0 Å². The van der Waals surface area contributed by atoms with E-state index in [0.29, 0.717) is 0 Å². The number of rotatable bonds is 8. The molecule has 154 valence electrons. The average molecular weight is 378 g/mol. The number of aromatic nitrogens is 2. The molecule has 0 spiro atoms. The smallest absolute Gasteiger partial charge is 0.191 e. The maximum absolute atomic E-state index is 4.90. The molecule has 1 unspecified atom stereocenters. The predicted molar refractivity (Wildman–Crippen MR) is 113 cm³/mol. The van der Waals surface area contributed by atoms with E-state index in [1.165, 1.54) is 37.9 Å². The first-order valence-electron chi connectivity index (χ1n) is 10.3. The van der Waals surface area contributed by atoms with Gasteiger partial charge in [-0.2, -0.15) is 5.10 Å². The molecule has 7 nitrogen and oxygen atoms in total. The molecule has 27 heavy (non-hydrogen) atoms. The molecule has 0 bridgehead atoms. The third kappa shape index (κ3) is 6.50. The minimum Gasteiger partial charge on any atom is -0.357 e. The van der Waals surface area contributed by atoms with Crippen LogP contribution in [0.3, 0.4) is 0 Å². The predicted octanol–water partition coefficient (Wildman–Crippen LogP) is 1.84. The number of guanidine groups is 1. The maximum atomic E-state index is 4.90. The molecule has 2 heterocycles. The van der Waals surface area contributed by atoms with Crippen molar-refractivity contribution in [2.45, 2.75) is 51.6 Å². The Morgan fingerprint density at radius 1 is 1.26 bits per heavy atom. The third-order valence-corrected chi connectivity index (χ3v) is 5.38. The number of likely N-dealkylation sites (N-methyl/N-ethyl adjacent to an activating group) is 1. The average Bonchev–Trinajstić information content (AvgIpc) is 3.06. The van der Waals surface area contributed by atoms with Crippen molar-refractivity contribution in [2.24, 2.45) is 12.0 Å². The monoisotopic (exact) mass is 377 g/mol. The van der Waals surface area contributed by atoms with Crippen molar-refractivity contribution in [1.29, 1.82) is 0 Å². The highest BCUT2D eigenvalue weighted by atomic mass is 15.3. The second-order valence-corrected chi connectivity index (χ2v) is 8.36. The lowest BCUT2D eigenvalue weighted by atomic mass is 9.99. The minimum atomic E-state index is 0.0903. The lowest BCUT2D eigenvalue weighted by molar-refractivity contribution is 0.102. The van der Waals surface area contributed by atoms with E-state index in [2.05, 4.69) is 66.6 Å². The van der Waals surface area contributed by atoms with E-state index in [1.807, 2.05) is 17.9 Å². The first-order chi connectivity index (χ1) is 12.8. The van der Waals surface area contributed by atoms with Crippen LogP contribution in [0.15, 0.2) is 17.4 Å². The SMILES string of the molecule is CCNC(=NCC(C)(C)N1CCCCC1)NCC(c1cnn(C)c1)N(C)C. The Balaban J connectivity index is 1.99. The van der Waals surface area contributed by atoms with Gasteiger partial charge < -0.3 is 15.5 Å². The lowest BCUT2D eigenvalue weighted by Gasteiger charge is -2.40. The third-order valence-electron chi connectivity index (χ3n) is 5.38. The van der Waals surface area contributed by atoms with Gasteiger partial charge in [0.15, 0.2) is 5.96 Å². The zero-order valence-corrected chi connectivity index (χ0v) is 18.1. The maximum Gasteiger partial charge on any atom is 0.191 e. The van der Waals surface area contributed by atoms with E-state index in [-0.39, 0.29) is 11.6 Å². The van der Waals surface area contributed by atoms with Crippen LogP contribution in [0.4, 0.5) is 0 Å². The fraction of sp³-hybridized carbons (Fsp3) is 0.800. The molecule has 1 fully saturated rings. The lowest BCUT2D eigenvalue weighted by Crippen LogP contribution is -2.50. The van der Waals surface area contributed by atoms with Gasteiger partial charge in [0.1, 0.15) is 0 Å². The van der Waals surface area contributed by atoms with Crippen LogP contribution in [0.25, 0.3) is 0 Å². The Kier molecular flexibility index (Phi) is 8.10. The summed E-state index contributed by atoms with van der Waals surface area (Å²) in [6.45, 7) is 11.5. The summed E-state index contributed by atoms with van der Waals surface area (Å²) in [6, 6.07) is 0.248. The molecule has 1 aliphatic rings. The van der Waals surface area contributed by atoms with Crippen molar-refractivity contribution < 1.29 is 0 Å². The van der Waals surface area contributed by atoms with Gasteiger partial charge >= 0.3 is 0 Å². The fourth-order valence-corrected chi connectivity index (χ4v) is 3.62. The molecule has 0 saturated carbocycles. The van der Waals surface area contributed by atoms with Gasteiger partial charge in [-0.15, -0.1) is 0 Å². The largest absolute Gasteiger partial charge is 0.357 e. The Bertz CT molecular complexity index is 585. The normalized spacial score (nSPS) is 18.0. The van der Waals surface area contributed by atoms with Gasteiger partial charge in [0, 0.05) is 37.4 Å². The zero-order valence-electron chi connectivity index (χ0n) is 18.1. The van der Waals surface area contributed by atoms with Gasteiger partial charge in [-0.25, -0.2) is 0 Å². The van der Waals surface area contributed by atoms with Crippen LogP contribution < -0.4 is 10.6 Å². The van der Waals surface area contributed by atoms with Crippen LogP contribution in [-0.4, -0.2) is 77.9 Å². The van der Waals surface area contributed by atoms with Crippen molar-refractivity contribution in [1.82, 2.24) is 30.2 Å². The van der Waals surface area contributed by atoms with Gasteiger partial charge in [0.05, 0.1) is 18.8 Å². The Hall–Kier alpha value is -1.60. The standard InChI is InChI=1S/C20H39N7/c1-7-21-19(23-16-20(2,3)27-11-9-8-10-12-27)22-14-18(25(4)5)17-13-24-26(6)15-17/h13,15,18H,7-12,14,16H2,1-6H3,(H2,21,22,23). The summed E-state index contributed by atoms with van der Waals surface area (Å²) in [4.78, 5) is 9.70. The number of likely N-dealkylation sites (tertiary alicyclic amines) is 1. The fourth-order valence-electron chi connectivity index (χ4n) is 3.62. The van der Waals surface area contributed by atoms with Crippen LogP contribution >= 0.6 is 0 Å². The Morgan fingerprint density at radius 3 is 2.52 bits per heavy atom. The number of nitrogens with zero attached hydrogens (tertiary/aromatic N) is 5. The van der Waals surface area contributed by atoms with Crippen LogP contribution in [0, 0.1) is 0 Å². The minimum absolute atomic E-state index is 0.0903. The molecule has 1 aromatic rings. The molecule has 2 rings (SSSR count). The molecule has 2 N–H and O–H groups in total. The molecule has 0 amide bonds.